The van der Waals surface area contributed by atoms with Crippen molar-refractivity contribution in [3.8, 4) is 0 Å². The fraction of sp³-hybridized carbons (Fsp3) is 0.190. The van der Waals surface area contributed by atoms with Crippen LogP contribution in [-0.4, -0.2) is 24.4 Å². The van der Waals surface area contributed by atoms with Gasteiger partial charge in [0.25, 0.3) is 5.91 Å². The Morgan fingerprint density at radius 2 is 1.93 bits per heavy atom. The van der Waals surface area contributed by atoms with E-state index in [2.05, 4.69) is 10.7 Å². The maximum Gasteiger partial charge on any atom is 0.338 e. The van der Waals surface area contributed by atoms with E-state index in [1.54, 1.807) is 43.3 Å². The molecule has 2 aromatic rings. The Labute approximate surface area is 163 Å². The van der Waals surface area contributed by atoms with Gasteiger partial charge in [-0.25, -0.2) is 9.80 Å². The molecule has 1 aliphatic heterocycles. The number of carbonyl (C=O) groups is 3. The van der Waals surface area contributed by atoms with Crippen molar-refractivity contribution < 1.29 is 19.1 Å². The number of nitrogens with zero attached hydrogens (tertiary/aromatic N) is 1. The zero-order valence-electron chi connectivity index (χ0n) is 15.7. The number of rotatable bonds is 5. The summed E-state index contributed by atoms with van der Waals surface area (Å²) in [4.78, 5) is 36.5. The first-order chi connectivity index (χ1) is 13.5. The second-order valence-electron chi connectivity index (χ2n) is 6.25. The van der Waals surface area contributed by atoms with Gasteiger partial charge in [0, 0.05) is 12.1 Å². The molecule has 0 radical (unpaired) electrons. The van der Waals surface area contributed by atoms with E-state index in [1.165, 1.54) is 5.01 Å². The van der Waals surface area contributed by atoms with Crippen LogP contribution in [0.4, 0.5) is 11.4 Å². The van der Waals surface area contributed by atoms with Crippen LogP contribution < -0.4 is 15.8 Å². The fourth-order valence-electron chi connectivity index (χ4n) is 2.73. The summed E-state index contributed by atoms with van der Waals surface area (Å²) in [6.45, 7) is 3.97. The number of amides is 2. The van der Waals surface area contributed by atoms with Crippen LogP contribution in [0, 0.1) is 6.92 Å². The highest BCUT2D eigenvalue weighted by atomic mass is 16.5. The standard InChI is InChI=1S/C21H21N3O4/c1-3-28-21(27)15-7-9-16(10-8-15)22-20(26)18-11-12-19(25)24(23-18)17-6-4-5-14(2)13-17/h4-11,13,23H,3,12H2,1-2H3,(H,22,26). The van der Waals surface area contributed by atoms with Crippen molar-refractivity contribution >= 4 is 29.2 Å². The summed E-state index contributed by atoms with van der Waals surface area (Å²) in [7, 11) is 0. The van der Waals surface area contributed by atoms with Gasteiger partial charge >= 0.3 is 5.97 Å². The summed E-state index contributed by atoms with van der Waals surface area (Å²) in [6, 6.07) is 13.8. The average Bonchev–Trinajstić information content (AvgIpc) is 2.69. The van der Waals surface area contributed by atoms with E-state index in [0.29, 0.717) is 23.5 Å². The highest BCUT2D eigenvalue weighted by Gasteiger charge is 2.24. The number of ether oxygens (including phenoxy) is 1. The lowest BCUT2D eigenvalue weighted by Gasteiger charge is -2.28. The minimum absolute atomic E-state index is 0.117. The SMILES string of the molecule is CCOC(=O)c1ccc(NC(=O)C2=CCC(=O)N(c3cccc(C)c3)N2)cc1. The normalized spacial score (nSPS) is 13.4. The van der Waals surface area contributed by atoms with E-state index in [-0.39, 0.29) is 23.9 Å². The minimum atomic E-state index is -0.413. The Hall–Kier alpha value is -3.61. The van der Waals surface area contributed by atoms with Gasteiger partial charge in [-0.05, 0) is 61.9 Å². The fourth-order valence-corrected chi connectivity index (χ4v) is 2.73. The molecule has 2 amide bonds. The Bertz CT molecular complexity index is 935. The number of benzene rings is 2. The third-order valence-electron chi connectivity index (χ3n) is 4.12. The number of nitrogens with one attached hydrogen (secondary N) is 2. The summed E-state index contributed by atoms with van der Waals surface area (Å²) >= 11 is 0. The van der Waals surface area contributed by atoms with Gasteiger partial charge in [-0.3, -0.25) is 15.0 Å². The molecular formula is C21H21N3O4. The van der Waals surface area contributed by atoms with E-state index < -0.39 is 5.97 Å². The third-order valence-corrected chi connectivity index (χ3v) is 4.12. The molecule has 7 heteroatoms. The molecule has 1 heterocycles. The molecule has 1 aliphatic rings. The molecule has 0 fully saturated rings. The number of hydrogen-bond donors (Lipinski definition) is 2. The first-order valence-corrected chi connectivity index (χ1v) is 8.93. The van der Waals surface area contributed by atoms with E-state index in [1.807, 2.05) is 25.1 Å². The van der Waals surface area contributed by atoms with Gasteiger partial charge in [0.2, 0.25) is 5.91 Å². The Balaban J connectivity index is 1.69. The molecule has 0 aliphatic carbocycles. The van der Waals surface area contributed by atoms with Crippen molar-refractivity contribution in [2.45, 2.75) is 20.3 Å². The van der Waals surface area contributed by atoms with Crippen LogP contribution in [0.25, 0.3) is 0 Å². The monoisotopic (exact) mass is 379 g/mol. The highest BCUT2D eigenvalue weighted by molar-refractivity contribution is 6.07. The minimum Gasteiger partial charge on any atom is -0.462 e. The number of esters is 1. The van der Waals surface area contributed by atoms with Crippen LogP contribution in [0.1, 0.15) is 29.3 Å². The van der Waals surface area contributed by atoms with Crippen molar-refractivity contribution in [3.63, 3.8) is 0 Å². The van der Waals surface area contributed by atoms with E-state index in [4.69, 9.17) is 4.74 Å². The van der Waals surface area contributed by atoms with Crippen molar-refractivity contribution in [2.24, 2.45) is 0 Å². The molecule has 0 saturated heterocycles. The lowest BCUT2D eigenvalue weighted by Crippen LogP contribution is -2.47. The number of aryl methyl sites for hydroxylation is 1. The van der Waals surface area contributed by atoms with Gasteiger partial charge < -0.3 is 10.1 Å². The van der Waals surface area contributed by atoms with Gasteiger partial charge in [-0.2, -0.15) is 0 Å². The molecule has 0 aromatic heterocycles. The number of carbonyl (C=O) groups excluding carboxylic acids is 3. The van der Waals surface area contributed by atoms with Crippen LogP contribution in [-0.2, 0) is 14.3 Å². The topological polar surface area (TPSA) is 87.7 Å². The molecule has 0 atom stereocenters. The highest BCUT2D eigenvalue weighted by Crippen LogP contribution is 2.20. The lowest BCUT2D eigenvalue weighted by atomic mass is 10.2. The van der Waals surface area contributed by atoms with Gasteiger partial charge in [0.15, 0.2) is 0 Å². The molecule has 0 saturated carbocycles. The number of hydrazine groups is 1. The van der Waals surface area contributed by atoms with Gasteiger partial charge in [-0.1, -0.05) is 12.1 Å². The summed E-state index contributed by atoms with van der Waals surface area (Å²) in [5.74, 6) is -0.945. The van der Waals surface area contributed by atoms with Crippen LogP contribution in [0.15, 0.2) is 60.3 Å². The first-order valence-electron chi connectivity index (χ1n) is 8.93. The summed E-state index contributed by atoms with van der Waals surface area (Å²) in [6.07, 6.45) is 1.67. The molecule has 0 bridgehead atoms. The van der Waals surface area contributed by atoms with Crippen LogP contribution in [0.3, 0.4) is 0 Å². The molecule has 0 unspecified atom stereocenters. The second-order valence-corrected chi connectivity index (χ2v) is 6.25. The zero-order chi connectivity index (χ0) is 20.1. The molecule has 2 N–H and O–H groups in total. The zero-order valence-corrected chi connectivity index (χ0v) is 15.7. The number of anilines is 2. The third kappa shape index (κ3) is 4.37. The first kappa shape index (κ1) is 19.2. The molecule has 3 rings (SSSR count). The van der Waals surface area contributed by atoms with Crippen molar-refractivity contribution in [2.75, 3.05) is 16.9 Å². The molecule has 0 spiro atoms. The second kappa shape index (κ2) is 8.39. The average molecular weight is 379 g/mol. The molecule has 7 nitrogen and oxygen atoms in total. The quantitative estimate of drug-likeness (QED) is 0.780. The summed E-state index contributed by atoms with van der Waals surface area (Å²) in [5.41, 5.74) is 5.76. The van der Waals surface area contributed by atoms with Crippen molar-refractivity contribution in [1.29, 1.82) is 0 Å². The lowest BCUT2D eigenvalue weighted by molar-refractivity contribution is -0.119. The van der Waals surface area contributed by atoms with E-state index in [9.17, 15) is 14.4 Å². The Morgan fingerprint density at radius 3 is 2.61 bits per heavy atom. The maximum atomic E-state index is 12.6. The Kier molecular flexibility index (Phi) is 5.74. The van der Waals surface area contributed by atoms with Crippen LogP contribution in [0.5, 0.6) is 0 Å². The maximum absolute atomic E-state index is 12.6. The largest absolute Gasteiger partial charge is 0.462 e. The van der Waals surface area contributed by atoms with Gasteiger partial charge in [0.05, 0.1) is 17.9 Å². The Morgan fingerprint density at radius 1 is 1.18 bits per heavy atom. The summed E-state index contributed by atoms with van der Waals surface area (Å²) < 4.78 is 4.93. The van der Waals surface area contributed by atoms with Crippen molar-refractivity contribution in [1.82, 2.24) is 5.43 Å². The van der Waals surface area contributed by atoms with Gasteiger partial charge in [0.1, 0.15) is 5.70 Å². The summed E-state index contributed by atoms with van der Waals surface area (Å²) in [5, 5.41) is 4.12. The molecule has 28 heavy (non-hydrogen) atoms. The molecular weight excluding hydrogens is 358 g/mol. The number of hydrogen-bond acceptors (Lipinski definition) is 5. The van der Waals surface area contributed by atoms with Crippen LogP contribution in [0.2, 0.25) is 0 Å². The predicted molar refractivity (Wildman–Crippen MR) is 106 cm³/mol. The molecule has 144 valence electrons. The predicted octanol–water partition coefficient (Wildman–Crippen LogP) is 2.94. The van der Waals surface area contributed by atoms with Crippen LogP contribution >= 0.6 is 0 Å². The van der Waals surface area contributed by atoms with Crippen molar-refractivity contribution in [3.05, 3.63) is 71.4 Å². The van der Waals surface area contributed by atoms with Gasteiger partial charge in [-0.15, -0.1) is 0 Å². The van der Waals surface area contributed by atoms with E-state index >= 15 is 0 Å². The van der Waals surface area contributed by atoms with E-state index in [0.717, 1.165) is 5.56 Å². The molecule has 2 aromatic carbocycles. The smallest absolute Gasteiger partial charge is 0.338 e.